The SMILES string of the molecule is CC[C@H](C(=O)NC(C)C)N(Cc1ccccc1C)C(=O)CN(c1cccc(C(F)(F)F)c1)S(C)(=O)=O. The van der Waals surface area contributed by atoms with Gasteiger partial charge in [0.15, 0.2) is 0 Å². The van der Waals surface area contributed by atoms with Crippen LogP contribution in [0.4, 0.5) is 18.9 Å². The van der Waals surface area contributed by atoms with Gasteiger partial charge < -0.3 is 10.2 Å². The highest BCUT2D eigenvalue weighted by Gasteiger charge is 2.34. The van der Waals surface area contributed by atoms with Crippen molar-refractivity contribution in [3.05, 3.63) is 65.2 Å². The second kappa shape index (κ2) is 11.8. The third kappa shape index (κ3) is 7.71. The van der Waals surface area contributed by atoms with Gasteiger partial charge >= 0.3 is 6.18 Å². The molecule has 0 saturated carbocycles. The van der Waals surface area contributed by atoms with Crippen LogP contribution in [0.25, 0.3) is 0 Å². The summed E-state index contributed by atoms with van der Waals surface area (Å²) in [5.74, 6) is -1.12. The highest BCUT2D eigenvalue weighted by atomic mass is 32.2. The summed E-state index contributed by atoms with van der Waals surface area (Å²) in [7, 11) is -4.14. The van der Waals surface area contributed by atoms with Crippen molar-refractivity contribution in [3.8, 4) is 0 Å². The first-order chi connectivity index (χ1) is 16.6. The lowest BCUT2D eigenvalue weighted by molar-refractivity contribution is -0.140. The average Bonchev–Trinajstić information content (AvgIpc) is 2.76. The molecule has 0 aliphatic carbocycles. The molecule has 0 spiro atoms. The number of aryl methyl sites for hydroxylation is 1. The third-order valence-corrected chi connectivity index (χ3v) is 6.70. The van der Waals surface area contributed by atoms with Crippen LogP contribution in [0.2, 0.25) is 0 Å². The van der Waals surface area contributed by atoms with Gasteiger partial charge in [-0.05, 0) is 56.5 Å². The molecule has 11 heteroatoms. The van der Waals surface area contributed by atoms with E-state index >= 15 is 0 Å². The third-order valence-electron chi connectivity index (χ3n) is 5.56. The van der Waals surface area contributed by atoms with Crippen LogP contribution in [-0.4, -0.2) is 50.0 Å². The second-order valence-corrected chi connectivity index (χ2v) is 10.8. The van der Waals surface area contributed by atoms with Crippen LogP contribution in [0.15, 0.2) is 48.5 Å². The van der Waals surface area contributed by atoms with E-state index in [1.165, 1.54) is 11.0 Å². The summed E-state index contributed by atoms with van der Waals surface area (Å²) in [6.45, 7) is 6.38. The summed E-state index contributed by atoms with van der Waals surface area (Å²) in [4.78, 5) is 27.8. The minimum atomic E-state index is -4.69. The Hall–Kier alpha value is -3.08. The number of halogens is 3. The van der Waals surface area contributed by atoms with Gasteiger partial charge in [0, 0.05) is 12.6 Å². The lowest BCUT2D eigenvalue weighted by Crippen LogP contribution is -2.53. The normalized spacial score (nSPS) is 12.8. The molecule has 2 aromatic carbocycles. The summed E-state index contributed by atoms with van der Waals surface area (Å²) >= 11 is 0. The van der Waals surface area contributed by atoms with Crippen molar-refractivity contribution in [1.29, 1.82) is 0 Å². The van der Waals surface area contributed by atoms with Gasteiger partial charge in [0.2, 0.25) is 21.8 Å². The number of amides is 2. The maximum atomic E-state index is 13.6. The Bertz CT molecular complexity index is 1180. The molecule has 0 aliphatic rings. The van der Waals surface area contributed by atoms with Gasteiger partial charge in [-0.1, -0.05) is 37.3 Å². The zero-order valence-electron chi connectivity index (χ0n) is 21.0. The van der Waals surface area contributed by atoms with Gasteiger partial charge in [-0.15, -0.1) is 0 Å². The van der Waals surface area contributed by atoms with Crippen LogP contribution < -0.4 is 9.62 Å². The summed E-state index contributed by atoms with van der Waals surface area (Å²) in [6.07, 6.45) is -3.63. The smallest absolute Gasteiger partial charge is 0.352 e. The molecule has 1 atom stereocenters. The van der Waals surface area contributed by atoms with Crippen LogP contribution in [0.3, 0.4) is 0 Å². The molecule has 2 rings (SSSR count). The molecule has 36 heavy (non-hydrogen) atoms. The van der Waals surface area contributed by atoms with Gasteiger partial charge in [-0.3, -0.25) is 13.9 Å². The number of sulfonamides is 1. The number of carbonyl (C=O) groups is 2. The van der Waals surface area contributed by atoms with Gasteiger partial charge in [-0.25, -0.2) is 8.42 Å². The highest BCUT2D eigenvalue weighted by molar-refractivity contribution is 7.92. The zero-order chi connectivity index (χ0) is 27.3. The molecule has 198 valence electrons. The minimum Gasteiger partial charge on any atom is -0.352 e. The molecule has 0 aromatic heterocycles. The van der Waals surface area contributed by atoms with Crippen molar-refractivity contribution in [2.24, 2.45) is 0 Å². The second-order valence-electron chi connectivity index (χ2n) is 8.85. The van der Waals surface area contributed by atoms with Crippen molar-refractivity contribution < 1.29 is 31.2 Å². The topological polar surface area (TPSA) is 86.8 Å². The summed E-state index contributed by atoms with van der Waals surface area (Å²) in [5.41, 5.74) is 0.288. The molecule has 0 aliphatic heterocycles. The lowest BCUT2D eigenvalue weighted by atomic mass is 10.1. The van der Waals surface area contributed by atoms with Crippen LogP contribution in [0, 0.1) is 6.92 Å². The fourth-order valence-corrected chi connectivity index (χ4v) is 4.56. The molecule has 0 bridgehead atoms. The minimum absolute atomic E-state index is 0.0235. The van der Waals surface area contributed by atoms with E-state index in [4.69, 9.17) is 0 Å². The lowest BCUT2D eigenvalue weighted by Gasteiger charge is -2.33. The van der Waals surface area contributed by atoms with E-state index in [0.717, 1.165) is 29.5 Å². The number of nitrogens with one attached hydrogen (secondary N) is 1. The molecular formula is C25H32F3N3O4S. The van der Waals surface area contributed by atoms with E-state index in [9.17, 15) is 31.2 Å². The maximum absolute atomic E-state index is 13.6. The number of carbonyl (C=O) groups excluding carboxylic acids is 2. The van der Waals surface area contributed by atoms with E-state index in [2.05, 4.69) is 5.32 Å². The molecular weight excluding hydrogens is 495 g/mol. The van der Waals surface area contributed by atoms with E-state index in [-0.39, 0.29) is 24.7 Å². The standard InChI is InChI=1S/C25H32F3N3O4S/c1-6-22(24(33)29-17(2)3)30(15-19-11-8-7-10-18(19)4)23(32)16-31(36(5,34)35)21-13-9-12-20(14-21)25(26,27)28/h7-14,17,22H,6,15-16H2,1-5H3,(H,29,33)/t22-/m1/s1. The Morgan fingerprint density at radius 2 is 1.69 bits per heavy atom. The largest absolute Gasteiger partial charge is 0.416 e. The van der Waals surface area contributed by atoms with Gasteiger partial charge in [0.05, 0.1) is 17.5 Å². The number of hydrogen-bond donors (Lipinski definition) is 1. The average molecular weight is 528 g/mol. The first kappa shape index (κ1) is 29.2. The predicted molar refractivity (Wildman–Crippen MR) is 133 cm³/mol. The molecule has 1 N–H and O–H groups in total. The molecule has 0 heterocycles. The number of alkyl halides is 3. The van der Waals surface area contributed by atoms with Crippen molar-refractivity contribution in [2.45, 2.75) is 58.9 Å². The Balaban J connectivity index is 2.51. The number of hydrogen-bond acceptors (Lipinski definition) is 4. The van der Waals surface area contributed by atoms with Gasteiger partial charge in [-0.2, -0.15) is 13.2 Å². The Morgan fingerprint density at radius 1 is 1.06 bits per heavy atom. The quantitative estimate of drug-likeness (QED) is 0.504. The summed E-state index contributed by atoms with van der Waals surface area (Å²) in [6, 6.07) is 9.92. The number of anilines is 1. The van der Waals surface area contributed by atoms with Crippen molar-refractivity contribution in [3.63, 3.8) is 0 Å². The summed E-state index contributed by atoms with van der Waals surface area (Å²) in [5, 5.41) is 2.78. The van der Waals surface area contributed by atoms with E-state index < -0.39 is 46.2 Å². The molecule has 0 fully saturated rings. The van der Waals surface area contributed by atoms with Gasteiger partial charge in [0.1, 0.15) is 12.6 Å². The van der Waals surface area contributed by atoms with Crippen LogP contribution in [0.1, 0.15) is 43.9 Å². The molecule has 0 radical (unpaired) electrons. The monoisotopic (exact) mass is 527 g/mol. The first-order valence-electron chi connectivity index (χ1n) is 11.4. The van der Waals surface area contributed by atoms with Crippen molar-refractivity contribution in [1.82, 2.24) is 10.2 Å². The fraction of sp³-hybridized carbons (Fsp3) is 0.440. The molecule has 0 saturated heterocycles. The van der Waals surface area contributed by atoms with Crippen LogP contribution in [-0.2, 0) is 32.3 Å². The molecule has 2 amide bonds. The highest BCUT2D eigenvalue weighted by Crippen LogP contribution is 2.32. The maximum Gasteiger partial charge on any atom is 0.416 e. The fourth-order valence-electron chi connectivity index (χ4n) is 3.72. The Kier molecular flexibility index (Phi) is 9.53. The number of rotatable bonds is 10. The first-order valence-corrected chi connectivity index (χ1v) is 13.3. The number of nitrogens with zero attached hydrogens (tertiary/aromatic N) is 2. The van der Waals surface area contributed by atoms with Crippen molar-refractivity contribution in [2.75, 3.05) is 17.1 Å². The van der Waals surface area contributed by atoms with Crippen LogP contribution >= 0.6 is 0 Å². The predicted octanol–water partition coefficient (Wildman–Crippen LogP) is 4.11. The Morgan fingerprint density at radius 3 is 2.22 bits per heavy atom. The Labute approximate surface area is 210 Å². The molecule has 0 unspecified atom stereocenters. The van der Waals surface area contributed by atoms with E-state index in [1.807, 2.05) is 19.1 Å². The zero-order valence-corrected chi connectivity index (χ0v) is 21.8. The van der Waals surface area contributed by atoms with Gasteiger partial charge in [0.25, 0.3) is 0 Å². The number of benzene rings is 2. The van der Waals surface area contributed by atoms with E-state index in [0.29, 0.717) is 10.4 Å². The van der Waals surface area contributed by atoms with E-state index in [1.54, 1.807) is 32.9 Å². The van der Waals surface area contributed by atoms with Crippen LogP contribution in [0.5, 0.6) is 0 Å². The molecule has 2 aromatic rings. The summed E-state index contributed by atoms with van der Waals surface area (Å²) < 4.78 is 65.5. The molecule has 7 nitrogen and oxygen atoms in total. The van der Waals surface area contributed by atoms with Crippen molar-refractivity contribution >= 4 is 27.5 Å².